The van der Waals surface area contributed by atoms with Gasteiger partial charge in [0.1, 0.15) is 5.82 Å². The van der Waals surface area contributed by atoms with Crippen molar-refractivity contribution in [1.82, 2.24) is 4.72 Å². The fourth-order valence-corrected chi connectivity index (χ4v) is 4.22. The van der Waals surface area contributed by atoms with Gasteiger partial charge in [-0.2, -0.15) is 0 Å². The van der Waals surface area contributed by atoms with Gasteiger partial charge in [-0.3, -0.25) is 0 Å². The van der Waals surface area contributed by atoms with Gasteiger partial charge < -0.3 is 0 Å². The van der Waals surface area contributed by atoms with Crippen LogP contribution in [0, 0.1) is 11.7 Å². The first-order valence-corrected chi connectivity index (χ1v) is 9.15. The van der Waals surface area contributed by atoms with E-state index in [4.69, 9.17) is 0 Å². The third kappa shape index (κ3) is 3.80. The zero-order chi connectivity index (χ0) is 14.8. The summed E-state index contributed by atoms with van der Waals surface area (Å²) in [5.74, 6) is -0.255. The van der Waals surface area contributed by atoms with Gasteiger partial charge in [0.15, 0.2) is 0 Å². The Morgan fingerprint density at radius 1 is 1.25 bits per heavy atom. The molecule has 0 heterocycles. The standard InChI is InChI=1S/C14H19BrFNO2S/c1-10-5-3-2-4-6-14(10)17-20(18,19)11-7-8-12(15)13(16)9-11/h7-10,14,17H,2-6H2,1H3. The predicted molar refractivity (Wildman–Crippen MR) is 80.5 cm³/mol. The Labute approximate surface area is 128 Å². The second-order valence-corrected chi connectivity index (χ2v) is 7.99. The molecule has 1 saturated carbocycles. The maximum Gasteiger partial charge on any atom is 0.240 e. The van der Waals surface area contributed by atoms with Crippen molar-refractivity contribution in [2.24, 2.45) is 5.92 Å². The van der Waals surface area contributed by atoms with Crippen molar-refractivity contribution in [3.8, 4) is 0 Å². The van der Waals surface area contributed by atoms with Crippen LogP contribution in [-0.2, 0) is 10.0 Å². The normalized spacial score (nSPS) is 24.4. The Bertz CT molecular complexity index is 577. The van der Waals surface area contributed by atoms with E-state index in [9.17, 15) is 12.8 Å². The lowest BCUT2D eigenvalue weighted by atomic mass is 9.98. The van der Waals surface area contributed by atoms with E-state index in [0.717, 1.165) is 38.2 Å². The summed E-state index contributed by atoms with van der Waals surface area (Å²) in [6, 6.07) is 3.82. The number of hydrogen-bond acceptors (Lipinski definition) is 2. The highest BCUT2D eigenvalue weighted by molar-refractivity contribution is 9.10. The quantitative estimate of drug-likeness (QED) is 0.829. The van der Waals surface area contributed by atoms with Crippen molar-refractivity contribution in [2.75, 3.05) is 0 Å². The summed E-state index contributed by atoms with van der Waals surface area (Å²) in [5, 5.41) is 0. The van der Waals surface area contributed by atoms with Crippen LogP contribution in [0.15, 0.2) is 27.6 Å². The molecule has 1 N–H and O–H groups in total. The summed E-state index contributed by atoms with van der Waals surface area (Å²) in [6.45, 7) is 2.07. The lowest BCUT2D eigenvalue weighted by Crippen LogP contribution is -2.38. The van der Waals surface area contributed by atoms with Crippen molar-refractivity contribution in [1.29, 1.82) is 0 Å². The Kier molecular flexibility index (Phi) is 5.20. The van der Waals surface area contributed by atoms with Gasteiger partial charge in [-0.25, -0.2) is 17.5 Å². The lowest BCUT2D eigenvalue weighted by molar-refractivity contribution is 0.399. The Hall–Kier alpha value is -0.460. The second-order valence-electron chi connectivity index (χ2n) is 5.42. The first-order chi connectivity index (χ1) is 9.40. The number of hydrogen-bond donors (Lipinski definition) is 1. The van der Waals surface area contributed by atoms with E-state index in [0.29, 0.717) is 5.92 Å². The van der Waals surface area contributed by atoms with Crippen molar-refractivity contribution in [2.45, 2.75) is 50.0 Å². The molecule has 20 heavy (non-hydrogen) atoms. The molecule has 0 amide bonds. The summed E-state index contributed by atoms with van der Waals surface area (Å²) in [4.78, 5) is -0.0188. The molecule has 0 saturated heterocycles. The molecule has 112 valence electrons. The molecule has 2 rings (SSSR count). The van der Waals surface area contributed by atoms with E-state index in [1.54, 1.807) is 0 Å². The van der Waals surface area contributed by atoms with Gasteiger partial charge in [-0.15, -0.1) is 0 Å². The van der Waals surface area contributed by atoms with Gasteiger partial charge in [-0.1, -0.05) is 26.2 Å². The van der Waals surface area contributed by atoms with Crippen LogP contribution in [0.5, 0.6) is 0 Å². The van der Waals surface area contributed by atoms with Crippen LogP contribution in [0.2, 0.25) is 0 Å². The van der Waals surface area contributed by atoms with Crippen LogP contribution in [-0.4, -0.2) is 14.5 Å². The maximum absolute atomic E-state index is 13.5. The minimum Gasteiger partial charge on any atom is -0.208 e. The van der Waals surface area contributed by atoms with Crippen LogP contribution < -0.4 is 4.72 Å². The van der Waals surface area contributed by atoms with E-state index in [1.807, 2.05) is 0 Å². The van der Waals surface area contributed by atoms with Gasteiger partial charge >= 0.3 is 0 Å². The number of rotatable bonds is 3. The largest absolute Gasteiger partial charge is 0.240 e. The zero-order valence-corrected chi connectivity index (χ0v) is 13.8. The minimum atomic E-state index is -3.66. The average molecular weight is 364 g/mol. The summed E-state index contributed by atoms with van der Waals surface area (Å²) < 4.78 is 41.1. The molecule has 1 fully saturated rings. The zero-order valence-electron chi connectivity index (χ0n) is 11.4. The number of benzene rings is 1. The second kappa shape index (κ2) is 6.54. The molecule has 0 aliphatic heterocycles. The fraction of sp³-hybridized carbons (Fsp3) is 0.571. The summed E-state index contributed by atoms with van der Waals surface area (Å²) in [5.41, 5.74) is 0. The van der Waals surface area contributed by atoms with E-state index in [2.05, 4.69) is 27.6 Å². The van der Waals surface area contributed by atoms with Gasteiger partial charge in [0.2, 0.25) is 10.0 Å². The van der Waals surface area contributed by atoms with E-state index < -0.39 is 15.8 Å². The number of nitrogens with one attached hydrogen (secondary N) is 1. The summed E-state index contributed by atoms with van der Waals surface area (Å²) in [7, 11) is -3.66. The van der Waals surface area contributed by atoms with Gasteiger partial charge in [0.05, 0.1) is 9.37 Å². The van der Waals surface area contributed by atoms with Crippen LogP contribution in [0.25, 0.3) is 0 Å². The molecule has 2 unspecified atom stereocenters. The minimum absolute atomic E-state index is 0.0188. The first kappa shape index (κ1) is 15.9. The van der Waals surface area contributed by atoms with Crippen LogP contribution >= 0.6 is 15.9 Å². The molecular formula is C14H19BrFNO2S. The van der Waals surface area contributed by atoms with Crippen molar-refractivity contribution < 1.29 is 12.8 Å². The van der Waals surface area contributed by atoms with Crippen LogP contribution in [0.1, 0.15) is 39.0 Å². The highest BCUT2D eigenvalue weighted by Crippen LogP contribution is 2.25. The Morgan fingerprint density at radius 2 is 1.95 bits per heavy atom. The predicted octanol–water partition coefficient (Wildman–Crippen LogP) is 3.84. The van der Waals surface area contributed by atoms with Crippen LogP contribution in [0.4, 0.5) is 4.39 Å². The first-order valence-electron chi connectivity index (χ1n) is 6.87. The molecule has 1 aromatic rings. The molecular weight excluding hydrogens is 345 g/mol. The topological polar surface area (TPSA) is 46.2 Å². The van der Waals surface area contributed by atoms with Gasteiger partial charge in [-0.05, 0) is 52.9 Å². The molecule has 3 nitrogen and oxygen atoms in total. The molecule has 1 aliphatic carbocycles. The summed E-state index contributed by atoms with van der Waals surface area (Å²) in [6.07, 6.45) is 5.20. The molecule has 1 aliphatic rings. The smallest absolute Gasteiger partial charge is 0.208 e. The summed E-state index contributed by atoms with van der Waals surface area (Å²) >= 11 is 3.02. The number of sulfonamides is 1. The molecule has 0 radical (unpaired) electrons. The molecule has 2 atom stereocenters. The van der Waals surface area contributed by atoms with Gasteiger partial charge in [0, 0.05) is 6.04 Å². The third-order valence-corrected chi connectivity index (χ3v) is 6.00. The van der Waals surface area contributed by atoms with Crippen molar-refractivity contribution in [3.63, 3.8) is 0 Å². The molecule has 0 spiro atoms. The Morgan fingerprint density at radius 3 is 2.65 bits per heavy atom. The van der Waals surface area contributed by atoms with Crippen molar-refractivity contribution >= 4 is 26.0 Å². The lowest BCUT2D eigenvalue weighted by Gasteiger charge is -2.22. The molecule has 1 aromatic carbocycles. The maximum atomic E-state index is 13.5. The number of halogens is 2. The van der Waals surface area contributed by atoms with Crippen LogP contribution in [0.3, 0.4) is 0 Å². The highest BCUT2D eigenvalue weighted by atomic mass is 79.9. The van der Waals surface area contributed by atoms with E-state index >= 15 is 0 Å². The average Bonchev–Trinajstić information content (AvgIpc) is 2.58. The highest BCUT2D eigenvalue weighted by Gasteiger charge is 2.26. The van der Waals surface area contributed by atoms with Crippen molar-refractivity contribution in [3.05, 3.63) is 28.5 Å². The SMILES string of the molecule is CC1CCCCCC1NS(=O)(=O)c1ccc(Br)c(F)c1. The van der Waals surface area contributed by atoms with E-state index in [1.165, 1.54) is 12.1 Å². The van der Waals surface area contributed by atoms with E-state index in [-0.39, 0.29) is 15.4 Å². The third-order valence-electron chi connectivity index (χ3n) is 3.87. The molecule has 6 heteroatoms. The Balaban J connectivity index is 2.19. The monoisotopic (exact) mass is 363 g/mol. The molecule has 0 bridgehead atoms. The molecule has 0 aromatic heterocycles. The fourth-order valence-electron chi connectivity index (χ4n) is 2.58. The van der Waals surface area contributed by atoms with Gasteiger partial charge in [0.25, 0.3) is 0 Å².